The quantitative estimate of drug-likeness (QED) is 0.402. The summed E-state index contributed by atoms with van der Waals surface area (Å²) >= 11 is 0. The van der Waals surface area contributed by atoms with E-state index in [1.165, 1.54) is 19.6 Å². The van der Waals surface area contributed by atoms with E-state index in [2.05, 4.69) is 22.2 Å². The van der Waals surface area contributed by atoms with Crippen LogP contribution in [-0.2, 0) is 4.79 Å². The topological polar surface area (TPSA) is 157 Å². The van der Waals surface area contributed by atoms with Crippen molar-refractivity contribution in [3.8, 4) is 17.4 Å². The fourth-order valence-corrected chi connectivity index (χ4v) is 3.72. The molecule has 11 nitrogen and oxygen atoms in total. The van der Waals surface area contributed by atoms with Gasteiger partial charge in [0.25, 0.3) is 11.8 Å². The molecule has 33 heavy (non-hydrogen) atoms. The number of H-pyrrole nitrogens is 1. The first-order valence-corrected chi connectivity index (χ1v) is 10.5. The number of aromatic hydroxyl groups is 1. The zero-order chi connectivity index (χ0) is 24.0. The molecule has 1 aromatic carbocycles. The molecule has 1 heterocycles. The van der Waals surface area contributed by atoms with Crippen LogP contribution >= 0.6 is 0 Å². The molecule has 1 aromatic heterocycles. The highest BCUT2D eigenvalue weighted by Crippen LogP contribution is 2.29. The Hall–Kier alpha value is -3.89. The Morgan fingerprint density at radius 1 is 1.33 bits per heavy atom. The zero-order valence-electron chi connectivity index (χ0n) is 18.4. The van der Waals surface area contributed by atoms with Crippen molar-refractivity contribution < 1.29 is 24.3 Å². The summed E-state index contributed by atoms with van der Waals surface area (Å²) in [7, 11) is 1.47. The molecule has 3 rings (SSSR count). The average molecular weight is 458 g/mol. The largest absolute Gasteiger partial charge is 0.493 e. The number of nitrogens with zero attached hydrogens (tertiary/aromatic N) is 2. The summed E-state index contributed by atoms with van der Waals surface area (Å²) in [4.78, 5) is 39.6. The Bertz CT molecular complexity index is 1110. The maximum absolute atomic E-state index is 12.3. The first kappa shape index (κ1) is 23.8. The molecular weight excluding hydrogens is 432 g/mol. The number of rotatable bonds is 8. The second-order valence-corrected chi connectivity index (χ2v) is 7.85. The highest BCUT2D eigenvalue weighted by Gasteiger charge is 2.23. The lowest BCUT2D eigenvalue weighted by atomic mass is 9.86. The van der Waals surface area contributed by atoms with Gasteiger partial charge in [-0.3, -0.25) is 19.7 Å². The van der Waals surface area contributed by atoms with Crippen LogP contribution in [0.1, 0.15) is 44.0 Å². The van der Waals surface area contributed by atoms with E-state index in [0.717, 1.165) is 19.3 Å². The Kier molecular flexibility index (Phi) is 7.65. The molecule has 0 aliphatic heterocycles. The molecule has 1 saturated carbocycles. The monoisotopic (exact) mass is 458 g/mol. The van der Waals surface area contributed by atoms with Gasteiger partial charge in [-0.05, 0) is 42.5 Å². The first-order chi connectivity index (χ1) is 15.8. The van der Waals surface area contributed by atoms with E-state index < -0.39 is 22.0 Å². The number of aromatic amines is 1. The number of carbonyl (C=O) groups is 1. The third kappa shape index (κ3) is 6.09. The normalized spacial score (nSPS) is 18.1. The Labute approximate surface area is 189 Å². The lowest BCUT2D eigenvalue weighted by Crippen LogP contribution is -2.43. The van der Waals surface area contributed by atoms with E-state index in [-0.39, 0.29) is 24.4 Å². The van der Waals surface area contributed by atoms with Crippen molar-refractivity contribution in [1.29, 1.82) is 0 Å². The van der Waals surface area contributed by atoms with Gasteiger partial charge in [-0.25, -0.2) is 0 Å². The lowest BCUT2D eigenvalue weighted by Gasteiger charge is -2.29. The molecule has 0 bridgehead atoms. The van der Waals surface area contributed by atoms with Crippen molar-refractivity contribution in [2.45, 2.75) is 38.6 Å². The van der Waals surface area contributed by atoms with E-state index in [9.17, 15) is 24.8 Å². The van der Waals surface area contributed by atoms with Crippen LogP contribution in [0.2, 0.25) is 0 Å². The third-order valence-corrected chi connectivity index (χ3v) is 5.52. The standard InChI is InChI=1S/C22H26N4O7/c1-13-5-3-4-6-15(13)23-19(27)12-33-16-9-7-14(11-17(16)32-2)8-10-18-24-21(28)20(26(30)31)22(29)25-18/h7-11,13,15H,3-6,12H2,1-2H3,(H,23,27)(H2,24,25,28,29)/b10-8+/t13-,15+/m0/s1. The SMILES string of the molecule is COc1cc(/C=C/c2nc(O)c([N+](=O)[O-])c(=O)[nH]2)ccc1OCC(=O)N[C@@H]1CCCC[C@@H]1C. The van der Waals surface area contributed by atoms with Crippen LogP contribution < -0.4 is 20.3 Å². The molecule has 0 radical (unpaired) electrons. The van der Waals surface area contributed by atoms with Gasteiger partial charge in [-0.15, -0.1) is 0 Å². The van der Waals surface area contributed by atoms with Crippen molar-refractivity contribution in [1.82, 2.24) is 15.3 Å². The second-order valence-electron chi connectivity index (χ2n) is 7.85. The Balaban J connectivity index is 1.65. The minimum atomic E-state index is -1.06. The fraction of sp³-hybridized carbons (Fsp3) is 0.409. The van der Waals surface area contributed by atoms with Gasteiger partial charge in [0, 0.05) is 6.04 Å². The minimum Gasteiger partial charge on any atom is -0.493 e. The summed E-state index contributed by atoms with van der Waals surface area (Å²) in [6.07, 6.45) is 7.33. The van der Waals surface area contributed by atoms with Gasteiger partial charge in [-0.2, -0.15) is 4.98 Å². The first-order valence-electron chi connectivity index (χ1n) is 10.5. The second kappa shape index (κ2) is 10.6. The molecule has 0 saturated heterocycles. The number of carbonyl (C=O) groups excluding carboxylic acids is 1. The van der Waals surface area contributed by atoms with Gasteiger partial charge >= 0.3 is 11.2 Å². The van der Waals surface area contributed by atoms with Gasteiger partial charge < -0.3 is 24.9 Å². The Morgan fingerprint density at radius 3 is 2.76 bits per heavy atom. The molecular formula is C22H26N4O7. The van der Waals surface area contributed by atoms with E-state index in [4.69, 9.17) is 9.47 Å². The predicted molar refractivity (Wildman–Crippen MR) is 120 cm³/mol. The molecule has 2 aromatic rings. The predicted octanol–water partition coefficient (Wildman–Crippen LogP) is 2.64. The van der Waals surface area contributed by atoms with Crippen molar-refractivity contribution in [3.63, 3.8) is 0 Å². The number of amides is 1. The van der Waals surface area contributed by atoms with Crippen LogP contribution in [0.15, 0.2) is 23.0 Å². The van der Waals surface area contributed by atoms with Crippen LogP contribution in [0.25, 0.3) is 12.2 Å². The summed E-state index contributed by atoms with van der Waals surface area (Å²) in [5.74, 6) is 0.0183. The minimum absolute atomic E-state index is 0.0593. The molecule has 1 aliphatic carbocycles. The van der Waals surface area contributed by atoms with Crippen LogP contribution in [0.3, 0.4) is 0 Å². The van der Waals surface area contributed by atoms with Crippen LogP contribution in [-0.4, -0.2) is 45.7 Å². The van der Waals surface area contributed by atoms with Gasteiger partial charge in [-0.1, -0.05) is 31.9 Å². The smallest absolute Gasteiger partial charge is 0.395 e. The molecule has 1 amide bonds. The van der Waals surface area contributed by atoms with Gasteiger partial charge in [0.1, 0.15) is 5.82 Å². The molecule has 176 valence electrons. The molecule has 1 fully saturated rings. The highest BCUT2D eigenvalue weighted by molar-refractivity contribution is 5.78. The Morgan fingerprint density at radius 2 is 2.09 bits per heavy atom. The van der Waals surface area contributed by atoms with Gasteiger partial charge in [0.15, 0.2) is 18.1 Å². The number of hydrogen-bond donors (Lipinski definition) is 3. The number of benzene rings is 1. The molecule has 0 unspecified atom stereocenters. The van der Waals surface area contributed by atoms with E-state index in [1.54, 1.807) is 24.3 Å². The third-order valence-electron chi connectivity index (χ3n) is 5.52. The number of ether oxygens (including phenoxy) is 2. The summed E-state index contributed by atoms with van der Waals surface area (Å²) in [5.41, 5.74) is -1.44. The average Bonchev–Trinajstić information content (AvgIpc) is 2.77. The molecule has 0 spiro atoms. The van der Waals surface area contributed by atoms with Crippen molar-refractivity contribution >= 4 is 23.7 Å². The summed E-state index contributed by atoms with van der Waals surface area (Å²) in [5, 5.41) is 23.4. The van der Waals surface area contributed by atoms with Gasteiger partial charge in [0.2, 0.25) is 0 Å². The summed E-state index contributed by atoms with van der Waals surface area (Å²) in [6, 6.07) is 5.15. The van der Waals surface area contributed by atoms with Crippen LogP contribution in [0.5, 0.6) is 17.4 Å². The van der Waals surface area contributed by atoms with Gasteiger partial charge in [0.05, 0.1) is 12.0 Å². The number of methoxy groups -OCH3 is 1. The highest BCUT2D eigenvalue weighted by atomic mass is 16.6. The number of hydrogen-bond acceptors (Lipinski definition) is 8. The lowest BCUT2D eigenvalue weighted by molar-refractivity contribution is -0.387. The molecule has 3 N–H and O–H groups in total. The summed E-state index contributed by atoms with van der Waals surface area (Å²) < 4.78 is 11.0. The van der Waals surface area contributed by atoms with Crippen LogP contribution in [0.4, 0.5) is 5.69 Å². The fourth-order valence-electron chi connectivity index (χ4n) is 3.72. The van der Waals surface area contributed by atoms with Crippen LogP contribution in [0, 0.1) is 16.0 Å². The molecule has 1 aliphatic rings. The van der Waals surface area contributed by atoms with Crippen molar-refractivity contribution in [2.75, 3.05) is 13.7 Å². The maximum Gasteiger partial charge on any atom is 0.395 e. The number of aromatic nitrogens is 2. The summed E-state index contributed by atoms with van der Waals surface area (Å²) in [6.45, 7) is 2.01. The number of nitro groups is 1. The van der Waals surface area contributed by atoms with E-state index >= 15 is 0 Å². The van der Waals surface area contributed by atoms with Crippen molar-refractivity contribution in [2.24, 2.45) is 5.92 Å². The molecule has 11 heteroatoms. The maximum atomic E-state index is 12.3. The zero-order valence-corrected chi connectivity index (χ0v) is 18.4. The molecule has 2 atom stereocenters. The van der Waals surface area contributed by atoms with E-state index in [0.29, 0.717) is 23.0 Å². The van der Waals surface area contributed by atoms with E-state index in [1.807, 2.05) is 0 Å². The number of nitrogens with one attached hydrogen (secondary N) is 2. The van der Waals surface area contributed by atoms with Crippen molar-refractivity contribution in [3.05, 3.63) is 50.1 Å².